The number of nitrogens with two attached hydrogens (primary N) is 1. The summed E-state index contributed by atoms with van der Waals surface area (Å²) in [5, 5.41) is 9.29. The maximum absolute atomic E-state index is 9.29. The predicted molar refractivity (Wildman–Crippen MR) is 58.8 cm³/mol. The van der Waals surface area contributed by atoms with E-state index in [1.54, 1.807) is 17.8 Å². The van der Waals surface area contributed by atoms with E-state index in [0.717, 1.165) is 0 Å². The first kappa shape index (κ1) is 10.1. The number of anilines is 1. The minimum Gasteiger partial charge on any atom is -0.392 e. The van der Waals surface area contributed by atoms with Gasteiger partial charge in [-0.25, -0.2) is 9.97 Å². The van der Waals surface area contributed by atoms with Crippen molar-refractivity contribution in [2.24, 2.45) is 0 Å². The molecule has 0 saturated heterocycles. The van der Waals surface area contributed by atoms with Gasteiger partial charge in [0.2, 0.25) is 0 Å². The highest BCUT2D eigenvalue weighted by molar-refractivity contribution is 7.71. The molecule has 0 fully saturated rings. The number of hydrogen-bond acceptors (Lipinski definition) is 5. The molecule has 4 N–H and O–H groups in total. The Morgan fingerprint density at radius 1 is 1.73 bits per heavy atom. The molecule has 80 valence electrons. The van der Waals surface area contributed by atoms with Crippen molar-refractivity contribution in [3.8, 4) is 0 Å². The van der Waals surface area contributed by atoms with E-state index in [2.05, 4.69) is 15.0 Å². The Morgan fingerprint density at radius 3 is 3.13 bits per heavy atom. The van der Waals surface area contributed by atoms with E-state index in [1.807, 2.05) is 0 Å². The molecule has 15 heavy (non-hydrogen) atoms. The Kier molecular flexibility index (Phi) is 2.41. The van der Waals surface area contributed by atoms with Crippen LogP contribution in [0.15, 0.2) is 6.33 Å². The van der Waals surface area contributed by atoms with E-state index in [4.69, 9.17) is 18.0 Å². The van der Waals surface area contributed by atoms with Gasteiger partial charge >= 0.3 is 0 Å². The van der Waals surface area contributed by atoms with Crippen LogP contribution in [-0.4, -0.2) is 30.7 Å². The quantitative estimate of drug-likeness (QED) is 0.645. The Labute approximate surface area is 90.8 Å². The van der Waals surface area contributed by atoms with Gasteiger partial charge in [0, 0.05) is 0 Å². The van der Waals surface area contributed by atoms with Crippen LogP contribution in [0.25, 0.3) is 11.2 Å². The lowest BCUT2D eigenvalue weighted by Crippen LogP contribution is -2.11. The first-order valence-electron chi connectivity index (χ1n) is 4.46. The number of aromatic nitrogens is 4. The Hall–Kier alpha value is -1.47. The third kappa shape index (κ3) is 1.83. The first-order chi connectivity index (χ1) is 7.08. The minimum absolute atomic E-state index is 0.250. The molecule has 2 rings (SSSR count). The molecule has 7 heteroatoms. The standard InChI is InChI=1S/C8H11N5OS/c1-4(14)2-13-3-10-5-6(13)11-8(9)12-7(5)15/h3-4,14H,2H2,1H3,(H3,9,11,12,15)/t4-/m1/s1. The largest absolute Gasteiger partial charge is 0.392 e. The summed E-state index contributed by atoms with van der Waals surface area (Å²) in [6, 6.07) is 0. The molecule has 0 aliphatic rings. The number of nitrogens with zero attached hydrogens (tertiary/aromatic N) is 3. The van der Waals surface area contributed by atoms with Gasteiger partial charge in [-0.05, 0) is 6.92 Å². The third-order valence-corrected chi connectivity index (χ3v) is 2.25. The van der Waals surface area contributed by atoms with Crippen LogP contribution < -0.4 is 5.73 Å². The molecule has 0 aliphatic carbocycles. The van der Waals surface area contributed by atoms with Gasteiger partial charge < -0.3 is 20.4 Å². The summed E-state index contributed by atoms with van der Waals surface area (Å²) < 4.78 is 2.12. The van der Waals surface area contributed by atoms with Gasteiger partial charge in [0.15, 0.2) is 10.6 Å². The summed E-state index contributed by atoms with van der Waals surface area (Å²) >= 11 is 5.02. The summed E-state index contributed by atoms with van der Waals surface area (Å²) in [7, 11) is 0. The fourth-order valence-corrected chi connectivity index (χ4v) is 1.65. The zero-order chi connectivity index (χ0) is 11.0. The fourth-order valence-electron chi connectivity index (χ4n) is 1.40. The molecule has 6 nitrogen and oxygen atoms in total. The lowest BCUT2D eigenvalue weighted by molar-refractivity contribution is 0.175. The minimum atomic E-state index is -0.459. The Bertz CT molecular complexity index is 543. The van der Waals surface area contributed by atoms with Crippen LogP contribution in [0.5, 0.6) is 0 Å². The molecule has 0 amide bonds. The van der Waals surface area contributed by atoms with E-state index in [0.29, 0.717) is 22.3 Å². The normalized spacial score (nSPS) is 13.2. The number of nitrogen functional groups attached to an aromatic ring is 1. The molecule has 0 radical (unpaired) electrons. The van der Waals surface area contributed by atoms with Crippen LogP contribution in [-0.2, 0) is 6.54 Å². The maximum Gasteiger partial charge on any atom is 0.200 e. The highest BCUT2D eigenvalue weighted by atomic mass is 32.1. The summed E-state index contributed by atoms with van der Waals surface area (Å²) in [5.74, 6) is 0.250. The van der Waals surface area contributed by atoms with Crippen molar-refractivity contribution < 1.29 is 5.11 Å². The molecular formula is C8H11N5OS. The van der Waals surface area contributed by atoms with Crippen molar-refractivity contribution in [1.29, 1.82) is 0 Å². The predicted octanol–water partition coefficient (Wildman–Crippen LogP) is 0.452. The molecule has 0 saturated carbocycles. The summed E-state index contributed by atoms with van der Waals surface area (Å²) in [6.45, 7) is 2.14. The molecule has 2 heterocycles. The molecule has 2 aromatic heterocycles. The molecule has 0 unspecified atom stereocenters. The molecule has 2 aromatic rings. The lowest BCUT2D eigenvalue weighted by atomic mass is 10.4. The molecule has 0 aromatic carbocycles. The summed E-state index contributed by atoms with van der Waals surface area (Å²) in [5.41, 5.74) is 6.83. The average molecular weight is 225 g/mol. The fraction of sp³-hybridized carbons (Fsp3) is 0.375. The Balaban J connectivity index is 2.63. The first-order valence-corrected chi connectivity index (χ1v) is 4.87. The number of aromatic amines is 1. The van der Waals surface area contributed by atoms with E-state index in [1.165, 1.54) is 0 Å². The van der Waals surface area contributed by atoms with Crippen LogP contribution >= 0.6 is 12.2 Å². The number of rotatable bonds is 2. The number of aliphatic hydroxyl groups excluding tert-OH is 1. The zero-order valence-electron chi connectivity index (χ0n) is 8.14. The summed E-state index contributed by atoms with van der Waals surface area (Å²) in [4.78, 5) is 10.9. The van der Waals surface area contributed by atoms with Crippen molar-refractivity contribution >= 4 is 29.3 Å². The second-order valence-electron chi connectivity index (χ2n) is 3.37. The van der Waals surface area contributed by atoms with Crippen LogP contribution in [0.4, 0.5) is 5.95 Å². The Morgan fingerprint density at radius 2 is 2.47 bits per heavy atom. The highest BCUT2D eigenvalue weighted by Gasteiger charge is 2.07. The van der Waals surface area contributed by atoms with E-state index >= 15 is 0 Å². The van der Waals surface area contributed by atoms with Crippen molar-refractivity contribution in [3.63, 3.8) is 0 Å². The monoisotopic (exact) mass is 225 g/mol. The number of H-pyrrole nitrogens is 1. The van der Waals surface area contributed by atoms with E-state index < -0.39 is 6.10 Å². The lowest BCUT2D eigenvalue weighted by Gasteiger charge is -2.06. The number of aliphatic hydroxyl groups is 1. The molecule has 0 aliphatic heterocycles. The third-order valence-electron chi connectivity index (χ3n) is 1.97. The van der Waals surface area contributed by atoms with Crippen LogP contribution in [0.2, 0.25) is 0 Å². The van der Waals surface area contributed by atoms with Crippen molar-refractivity contribution in [1.82, 2.24) is 19.5 Å². The van der Waals surface area contributed by atoms with Crippen LogP contribution in [0.1, 0.15) is 6.92 Å². The molecule has 1 atom stereocenters. The number of hydrogen-bond donors (Lipinski definition) is 3. The van der Waals surface area contributed by atoms with Crippen LogP contribution in [0.3, 0.4) is 0 Å². The topological polar surface area (TPSA) is 92.8 Å². The van der Waals surface area contributed by atoms with Gasteiger partial charge in [0.05, 0.1) is 19.0 Å². The molecule has 0 spiro atoms. The summed E-state index contributed by atoms with van der Waals surface area (Å²) in [6.07, 6.45) is 1.14. The number of fused-ring (bicyclic) bond motifs is 1. The van der Waals surface area contributed by atoms with Gasteiger partial charge in [0.1, 0.15) is 11.2 Å². The SMILES string of the molecule is C[C@@H](O)Cn1cnc2c(=S)nc(N)[nH]c21. The van der Waals surface area contributed by atoms with Gasteiger partial charge in [-0.2, -0.15) is 0 Å². The molecular weight excluding hydrogens is 214 g/mol. The maximum atomic E-state index is 9.29. The van der Waals surface area contributed by atoms with E-state index in [-0.39, 0.29) is 5.95 Å². The van der Waals surface area contributed by atoms with Gasteiger partial charge in [-0.3, -0.25) is 0 Å². The number of imidazole rings is 1. The van der Waals surface area contributed by atoms with Crippen LogP contribution in [0, 0.1) is 4.64 Å². The molecule has 0 bridgehead atoms. The number of nitrogens with one attached hydrogen (secondary N) is 1. The average Bonchev–Trinajstić information content (AvgIpc) is 2.48. The highest BCUT2D eigenvalue weighted by Crippen LogP contribution is 2.12. The van der Waals surface area contributed by atoms with Gasteiger partial charge in [-0.1, -0.05) is 12.2 Å². The van der Waals surface area contributed by atoms with Crippen molar-refractivity contribution in [2.75, 3.05) is 5.73 Å². The van der Waals surface area contributed by atoms with E-state index in [9.17, 15) is 5.11 Å². The van der Waals surface area contributed by atoms with Gasteiger partial charge in [-0.15, -0.1) is 0 Å². The second kappa shape index (κ2) is 3.59. The van der Waals surface area contributed by atoms with Crippen molar-refractivity contribution in [2.45, 2.75) is 19.6 Å². The zero-order valence-corrected chi connectivity index (χ0v) is 8.95. The van der Waals surface area contributed by atoms with Gasteiger partial charge in [0.25, 0.3) is 0 Å². The second-order valence-corrected chi connectivity index (χ2v) is 3.76. The smallest absolute Gasteiger partial charge is 0.200 e. The van der Waals surface area contributed by atoms with Crippen molar-refractivity contribution in [3.05, 3.63) is 11.0 Å².